The average Bonchev–Trinajstić information content (AvgIpc) is 2.73. The number of aromatic nitrogens is 1. The second kappa shape index (κ2) is 6.95. The van der Waals surface area contributed by atoms with Crippen LogP contribution in [0, 0.1) is 25.2 Å². The molecule has 1 aromatic heterocycles. The van der Waals surface area contributed by atoms with Crippen molar-refractivity contribution in [3.05, 3.63) is 52.7 Å². The number of hydrogen-bond donors (Lipinski definition) is 1. The summed E-state index contributed by atoms with van der Waals surface area (Å²) in [4.78, 5) is 12.0. The third-order valence-electron chi connectivity index (χ3n) is 3.86. The molecule has 0 unspecified atom stereocenters. The van der Waals surface area contributed by atoms with E-state index in [-0.39, 0.29) is 5.91 Å². The Morgan fingerprint density at radius 1 is 1.27 bits per heavy atom. The molecule has 4 heteroatoms. The van der Waals surface area contributed by atoms with Gasteiger partial charge in [-0.25, -0.2) is 0 Å². The SMILES string of the molecule is CCCC(=O)Nc1c(C#N)c(C)c(C)n1Cc1ccccc1. The van der Waals surface area contributed by atoms with Gasteiger partial charge in [0.05, 0.1) is 5.56 Å². The van der Waals surface area contributed by atoms with Crippen molar-refractivity contribution in [3.63, 3.8) is 0 Å². The largest absolute Gasteiger partial charge is 0.326 e. The summed E-state index contributed by atoms with van der Waals surface area (Å²) >= 11 is 0. The highest BCUT2D eigenvalue weighted by atomic mass is 16.1. The van der Waals surface area contributed by atoms with Crippen LogP contribution < -0.4 is 5.32 Å². The zero-order valence-electron chi connectivity index (χ0n) is 13.3. The summed E-state index contributed by atoms with van der Waals surface area (Å²) in [5.41, 5.74) is 3.62. The lowest BCUT2D eigenvalue weighted by Gasteiger charge is -2.13. The molecule has 2 rings (SSSR count). The molecule has 1 amide bonds. The van der Waals surface area contributed by atoms with Crippen molar-refractivity contribution in [3.8, 4) is 6.07 Å². The Balaban J connectivity index is 2.43. The Hall–Kier alpha value is -2.54. The molecule has 0 aliphatic heterocycles. The summed E-state index contributed by atoms with van der Waals surface area (Å²) in [7, 11) is 0. The third kappa shape index (κ3) is 3.20. The predicted molar refractivity (Wildman–Crippen MR) is 87.7 cm³/mol. The first-order chi connectivity index (χ1) is 10.6. The highest BCUT2D eigenvalue weighted by molar-refractivity contribution is 5.91. The first kappa shape index (κ1) is 15.8. The number of rotatable bonds is 5. The molecule has 0 fully saturated rings. The molecule has 0 saturated carbocycles. The van der Waals surface area contributed by atoms with Gasteiger partial charge in [-0.15, -0.1) is 0 Å². The van der Waals surface area contributed by atoms with E-state index in [0.717, 1.165) is 23.2 Å². The van der Waals surface area contributed by atoms with E-state index in [0.29, 0.717) is 24.3 Å². The number of anilines is 1. The Labute approximate surface area is 131 Å². The average molecular weight is 295 g/mol. The zero-order valence-corrected chi connectivity index (χ0v) is 13.3. The number of amides is 1. The summed E-state index contributed by atoms with van der Waals surface area (Å²) in [6.45, 7) is 6.50. The molecule has 114 valence electrons. The molecule has 2 aromatic rings. The lowest BCUT2D eigenvalue weighted by atomic mass is 10.2. The van der Waals surface area contributed by atoms with Crippen LogP contribution in [-0.2, 0) is 11.3 Å². The molecular formula is C18H21N3O. The van der Waals surface area contributed by atoms with Crippen LogP contribution in [0.15, 0.2) is 30.3 Å². The van der Waals surface area contributed by atoms with Crippen LogP contribution in [-0.4, -0.2) is 10.5 Å². The number of hydrogen-bond acceptors (Lipinski definition) is 2. The minimum absolute atomic E-state index is 0.0502. The fraction of sp³-hybridized carbons (Fsp3) is 0.333. The van der Waals surface area contributed by atoms with Crippen molar-refractivity contribution >= 4 is 11.7 Å². The molecule has 0 aliphatic carbocycles. The van der Waals surface area contributed by atoms with Gasteiger partial charge in [-0.2, -0.15) is 5.26 Å². The number of carbonyl (C=O) groups excluding carboxylic acids is 1. The summed E-state index contributed by atoms with van der Waals surface area (Å²) in [5, 5.41) is 12.3. The Bertz CT molecular complexity index is 708. The molecule has 1 heterocycles. The lowest BCUT2D eigenvalue weighted by Crippen LogP contribution is -2.16. The molecule has 1 N–H and O–H groups in total. The number of carbonyl (C=O) groups is 1. The van der Waals surface area contributed by atoms with Gasteiger partial charge in [0.1, 0.15) is 11.9 Å². The fourth-order valence-corrected chi connectivity index (χ4v) is 2.52. The molecule has 4 nitrogen and oxygen atoms in total. The standard InChI is InChI=1S/C18H21N3O/c1-4-8-17(22)20-18-16(11-19)13(2)14(3)21(18)12-15-9-6-5-7-10-15/h5-7,9-10H,4,8,12H2,1-3H3,(H,20,22). The highest BCUT2D eigenvalue weighted by Gasteiger charge is 2.19. The zero-order chi connectivity index (χ0) is 16.1. The van der Waals surface area contributed by atoms with Gasteiger partial charge in [0.2, 0.25) is 5.91 Å². The van der Waals surface area contributed by atoms with Crippen LogP contribution in [0.4, 0.5) is 5.82 Å². The van der Waals surface area contributed by atoms with Crippen molar-refractivity contribution in [1.82, 2.24) is 4.57 Å². The minimum Gasteiger partial charge on any atom is -0.326 e. The number of nitrogens with zero attached hydrogens (tertiary/aromatic N) is 2. The van der Waals surface area contributed by atoms with Crippen molar-refractivity contribution in [1.29, 1.82) is 5.26 Å². The molecular weight excluding hydrogens is 274 g/mol. The van der Waals surface area contributed by atoms with E-state index in [1.165, 1.54) is 0 Å². The van der Waals surface area contributed by atoms with Crippen molar-refractivity contribution < 1.29 is 4.79 Å². The van der Waals surface area contributed by atoms with Gasteiger partial charge in [0, 0.05) is 18.7 Å². The highest BCUT2D eigenvalue weighted by Crippen LogP contribution is 2.27. The summed E-state index contributed by atoms with van der Waals surface area (Å²) in [6, 6.07) is 12.3. The second-order valence-corrected chi connectivity index (χ2v) is 5.42. The molecule has 0 atom stereocenters. The smallest absolute Gasteiger partial charge is 0.225 e. The van der Waals surface area contributed by atoms with E-state index in [9.17, 15) is 10.1 Å². The van der Waals surface area contributed by atoms with E-state index in [4.69, 9.17) is 0 Å². The van der Waals surface area contributed by atoms with Gasteiger partial charge in [0.25, 0.3) is 0 Å². The first-order valence-electron chi connectivity index (χ1n) is 7.52. The first-order valence-corrected chi connectivity index (χ1v) is 7.52. The maximum absolute atomic E-state index is 12.0. The molecule has 0 saturated heterocycles. The van der Waals surface area contributed by atoms with Crippen molar-refractivity contribution in [2.24, 2.45) is 0 Å². The van der Waals surface area contributed by atoms with Gasteiger partial charge in [-0.05, 0) is 31.4 Å². The second-order valence-electron chi connectivity index (χ2n) is 5.42. The molecule has 1 aromatic carbocycles. The van der Waals surface area contributed by atoms with Crippen LogP contribution >= 0.6 is 0 Å². The van der Waals surface area contributed by atoms with Crippen LogP contribution in [0.5, 0.6) is 0 Å². The third-order valence-corrected chi connectivity index (χ3v) is 3.86. The lowest BCUT2D eigenvalue weighted by molar-refractivity contribution is -0.116. The van der Waals surface area contributed by atoms with Crippen molar-refractivity contribution in [2.75, 3.05) is 5.32 Å². The quantitative estimate of drug-likeness (QED) is 0.913. The monoisotopic (exact) mass is 295 g/mol. The fourth-order valence-electron chi connectivity index (χ4n) is 2.52. The number of benzene rings is 1. The Morgan fingerprint density at radius 3 is 2.55 bits per heavy atom. The maximum atomic E-state index is 12.0. The predicted octanol–water partition coefficient (Wildman–Crippen LogP) is 3.76. The summed E-state index contributed by atoms with van der Waals surface area (Å²) in [5.74, 6) is 0.561. The van der Waals surface area contributed by atoms with Gasteiger partial charge in [-0.3, -0.25) is 4.79 Å². The van der Waals surface area contributed by atoms with Gasteiger partial charge < -0.3 is 9.88 Å². The van der Waals surface area contributed by atoms with E-state index in [2.05, 4.69) is 11.4 Å². The van der Waals surface area contributed by atoms with Crippen LogP contribution in [0.3, 0.4) is 0 Å². The maximum Gasteiger partial charge on any atom is 0.225 e. The molecule has 0 bridgehead atoms. The summed E-state index contributed by atoms with van der Waals surface area (Å²) in [6.07, 6.45) is 1.24. The van der Waals surface area contributed by atoms with E-state index in [1.807, 2.05) is 55.7 Å². The van der Waals surface area contributed by atoms with Crippen molar-refractivity contribution in [2.45, 2.75) is 40.2 Å². The van der Waals surface area contributed by atoms with E-state index < -0.39 is 0 Å². The molecule has 0 aliphatic rings. The molecule has 22 heavy (non-hydrogen) atoms. The van der Waals surface area contributed by atoms with Gasteiger partial charge >= 0.3 is 0 Å². The van der Waals surface area contributed by atoms with Crippen LogP contribution in [0.2, 0.25) is 0 Å². The van der Waals surface area contributed by atoms with Gasteiger partial charge in [-0.1, -0.05) is 37.3 Å². The minimum atomic E-state index is -0.0502. The van der Waals surface area contributed by atoms with E-state index >= 15 is 0 Å². The van der Waals surface area contributed by atoms with Gasteiger partial charge in [0.15, 0.2) is 0 Å². The topological polar surface area (TPSA) is 57.8 Å². The van der Waals surface area contributed by atoms with E-state index in [1.54, 1.807) is 0 Å². The summed E-state index contributed by atoms with van der Waals surface area (Å²) < 4.78 is 2.01. The van der Waals surface area contributed by atoms with Crippen LogP contribution in [0.25, 0.3) is 0 Å². The molecule has 0 radical (unpaired) electrons. The van der Waals surface area contributed by atoms with Crippen LogP contribution in [0.1, 0.15) is 42.1 Å². The number of nitriles is 1. The number of nitrogens with one attached hydrogen (secondary N) is 1. The Kier molecular flexibility index (Phi) is 5.00. The Morgan fingerprint density at radius 2 is 1.95 bits per heavy atom. The molecule has 0 spiro atoms. The normalized spacial score (nSPS) is 10.3.